The summed E-state index contributed by atoms with van der Waals surface area (Å²) in [6.07, 6.45) is 1.78. The zero-order valence-electron chi connectivity index (χ0n) is 10.9. The third kappa shape index (κ3) is 2.99. The van der Waals surface area contributed by atoms with Crippen molar-refractivity contribution in [3.63, 3.8) is 0 Å². The highest BCUT2D eigenvalue weighted by atomic mass is 32.2. The Hall–Kier alpha value is -1.88. The molecule has 20 heavy (non-hydrogen) atoms. The van der Waals surface area contributed by atoms with E-state index in [0.29, 0.717) is 6.54 Å². The van der Waals surface area contributed by atoms with Crippen molar-refractivity contribution in [3.05, 3.63) is 60.2 Å². The van der Waals surface area contributed by atoms with Gasteiger partial charge < -0.3 is 4.90 Å². The van der Waals surface area contributed by atoms with Crippen LogP contribution in [0.3, 0.4) is 0 Å². The van der Waals surface area contributed by atoms with E-state index >= 15 is 0 Å². The zero-order chi connectivity index (χ0) is 13.8. The molecule has 0 N–H and O–H groups in total. The van der Waals surface area contributed by atoms with Gasteiger partial charge in [0.1, 0.15) is 5.82 Å². The van der Waals surface area contributed by atoms with Crippen molar-refractivity contribution in [1.29, 1.82) is 0 Å². The molecule has 0 radical (unpaired) electrons. The number of hydrogen-bond acceptors (Lipinski definition) is 4. The quantitative estimate of drug-likeness (QED) is 0.867. The first-order valence-corrected chi connectivity index (χ1v) is 7.42. The predicted octanol–water partition coefficient (Wildman–Crippen LogP) is 3.33. The van der Waals surface area contributed by atoms with Crippen LogP contribution in [0.1, 0.15) is 5.69 Å². The minimum absolute atomic E-state index is 0.229. The van der Waals surface area contributed by atoms with E-state index in [2.05, 4.69) is 14.9 Å². The van der Waals surface area contributed by atoms with E-state index in [0.717, 1.165) is 28.8 Å². The van der Waals surface area contributed by atoms with Gasteiger partial charge in [0.2, 0.25) is 0 Å². The van der Waals surface area contributed by atoms with E-state index in [9.17, 15) is 4.39 Å². The molecule has 1 aromatic carbocycles. The Morgan fingerprint density at radius 3 is 2.65 bits per heavy atom. The number of hydrogen-bond donors (Lipinski definition) is 0. The van der Waals surface area contributed by atoms with Crippen LogP contribution >= 0.6 is 11.8 Å². The van der Waals surface area contributed by atoms with E-state index in [4.69, 9.17) is 0 Å². The van der Waals surface area contributed by atoms with Crippen molar-refractivity contribution in [1.82, 2.24) is 4.98 Å². The molecular formula is C15H14FN3S. The minimum Gasteiger partial charge on any atom is -0.315 e. The topological polar surface area (TPSA) is 28.5 Å². The molecule has 0 aliphatic carbocycles. The first kappa shape index (κ1) is 13.1. The standard InChI is InChI=1S/C15H14FN3S/c16-12-4-6-14(7-5-12)19(15-18-9-10-20-15)11-13-3-1-2-8-17-13/h1-8H,9-11H2. The second-order valence-corrected chi connectivity index (χ2v) is 5.46. The average Bonchev–Trinajstić information content (AvgIpc) is 3.01. The lowest BCUT2D eigenvalue weighted by Gasteiger charge is -2.23. The molecule has 2 heterocycles. The number of rotatable bonds is 3. The van der Waals surface area contributed by atoms with Gasteiger partial charge in [-0.05, 0) is 36.4 Å². The normalized spacial score (nSPS) is 14.2. The second-order valence-electron chi connectivity index (χ2n) is 4.40. The molecule has 3 rings (SSSR count). The van der Waals surface area contributed by atoms with Crippen LogP contribution < -0.4 is 4.90 Å². The van der Waals surface area contributed by atoms with Gasteiger partial charge in [0.25, 0.3) is 0 Å². The smallest absolute Gasteiger partial charge is 0.164 e. The third-order valence-corrected chi connectivity index (χ3v) is 3.98. The van der Waals surface area contributed by atoms with Crippen LogP contribution in [-0.4, -0.2) is 22.4 Å². The van der Waals surface area contributed by atoms with Crippen LogP contribution in [0, 0.1) is 5.82 Å². The van der Waals surface area contributed by atoms with Crippen LogP contribution in [0.5, 0.6) is 0 Å². The maximum Gasteiger partial charge on any atom is 0.164 e. The molecule has 102 valence electrons. The van der Waals surface area contributed by atoms with Gasteiger partial charge >= 0.3 is 0 Å². The lowest BCUT2D eigenvalue weighted by atomic mass is 10.2. The van der Waals surface area contributed by atoms with Gasteiger partial charge in [-0.3, -0.25) is 9.98 Å². The van der Waals surface area contributed by atoms with Crippen molar-refractivity contribution in [2.24, 2.45) is 4.99 Å². The Morgan fingerprint density at radius 2 is 2.00 bits per heavy atom. The zero-order valence-corrected chi connectivity index (χ0v) is 11.7. The van der Waals surface area contributed by atoms with E-state index in [1.54, 1.807) is 30.1 Å². The van der Waals surface area contributed by atoms with Crippen molar-refractivity contribution in [3.8, 4) is 0 Å². The number of aromatic nitrogens is 1. The number of benzene rings is 1. The van der Waals surface area contributed by atoms with Crippen LogP contribution in [0.4, 0.5) is 10.1 Å². The molecule has 1 aliphatic rings. The molecular weight excluding hydrogens is 273 g/mol. The Labute approximate surface area is 121 Å². The number of aliphatic imine (C=N–C) groups is 1. The summed E-state index contributed by atoms with van der Waals surface area (Å²) in [5.41, 5.74) is 1.90. The van der Waals surface area contributed by atoms with Gasteiger partial charge in [-0.25, -0.2) is 4.39 Å². The molecule has 0 spiro atoms. The van der Waals surface area contributed by atoms with Gasteiger partial charge in [-0.1, -0.05) is 17.8 Å². The first-order chi connectivity index (χ1) is 9.83. The van der Waals surface area contributed by atoms with Crippen LogP contribution in [-0.2, 0) is 6.54 Å². The van der Waals surface area contributed by atoms with Crippen molar-refractivity contribution in [2.45, 2.75) is 6.54 Å². The van der Waals surface area contributed by atoms with E-state index in [-0.39, 0.29) is 5.82 Å². The van der Waals surface area contributed by atoms with E-state index in [1.165, 1.54) is 12.1 Å². The lowest BCUT2D eigenvalue weighted by molar-refractivity contribution is 0.628. The van der Waals surface area contributed by atoms with Gasteiger partial charge in [0.05, 0.1) is 18.8 Å². The molecule has 3 nitrogen and oxygen atoms in total. The fourth-order valence-electron chi connectivity index (χ4n) is 2.03. The second kappa shape index (κ2) is 6.05. The molecule has 0 unspecified atom stereocenters. The fraction of sp³-hybridized carbons (Fsp3) is 0.200. The van der Waals surface area contributed by atoms with Crippen molar-refractivity contribution in [2.75, 3.05) is 17.2 Å². The predicted molar refractivity (Wildman–Crippen MR) is 81.6 cm³/mol. The molecule has 5 heteroatoms. The Morgan fingerprint density at radius 1 is 1.15 bits per heavy atom. The summed E-state index contributed by atoms with van der Waals surface area (Å²) in [7, 11) is 0. The van der Waals surface area contributed by atoms with Gasteiger partial charge in [0.15, 0.2) is 5.17 Å². The summed E-state index contributed by atoms with van der Waals surface area (Å²) in [5, 5.41) is 0.974. The summed E-state index contributed by atoms with van der Waals surface area (Å²) in [4.78, 5) is 11.0. The lowest BCUT2D eigenvalue weighted by Crippen LogP contribution is -2.27. The summed E-state index contributed by atoms with van der Waals surface area (Å²) < 4.78 is 13.1. The Bertz CT molecular complexity index is 598. The largest absolute Gasteiger partial charge is 0.315 e. The van der Waals surface area contributed by atoms with Crippen LogP contribution in [0.2, 0.25) is 0 Å². The summed E-state index contributed by atoms with van der Waals surface area (Å²) >= 11 is 1.72. The summed E-state index contributed by atoms with van der Waals surface area (Å²) in [6.45, 7) is 1.47. The van der Waals surface area contributed by atoms with Crippen LogP contribution in [0.15, 0.2) is 53.7 Å². The highest BCUT2D eigenvalue weighted by molar-refractivity contribution is 8.14. The SMILES string of the molecule is Fc1ccc(N(Cc2ccccn2)C2=NCCS2)cc1. The number of amidine groups is 1. The molecule has 0 bridgehead atoms. The highest BCUT2D eigenvalue weighted by Crippen LogP contribution is 2.24. The van der Waals surface area contributed by atoms with Gasteiger partial charge in [-0.15, -0.1) is 0 Å². The summed E-state index contributed by atoms with van der Waals surface area (Å²) in [6, 6.07) is 12.3. The molecule has 1 aromatic heterocycles. The molecule has 0 fully saturated rings. The third-order valence-electron chi connectivity index (χ3n) is 2.98. The van der Waals surface area contributed by atoms with Crippen LogP contribution in [0.25, 0.3) is 0 Å². The average molecular weight is 287 g/mol. The number of nitrogens with zero attached hydrogens (tertiary/aromatic N) is 3. The van der Waals surface area contributed by atoms with Crippen molar-refractivity contribution < 1.29 is 4.39 Å². The number of anilines is 1. The van der Waals surface area contributed by atoms with E-state index < -0.39 is 0 Å². The number of thioether (sulfide) groups is 1. The molecule has 0 saturated carbocycles. The molecule has 0 amide bonds. The maximum atomic E-state index is 13.1. The van der Waals surface area contributed by atoms with Crippen molar-refractivity contribution >= 4 is 22.6 Å². The van der Waals surface area contributed by atoms with E-state index in [1.807, 2.05) is 18.2 Å². The number of halogens is 1. The number of pyridine rings is 1. The van der Waals surface area contributed by atoms with Gasteiger partial charge in [-0.2, -0.15) is 0 Å². The molecule has 1 aliphatic heterocycles. The summed E-state index contributed by atoms with van der Waals surface area (Å²) in [5.74, 6) is 0.766. The fourth-order valence-corrected chi connectivity index (χ4v) is 2.90. The molecule has 2 aromatic rings. The highest BCUT2D eigenvalue weighted by Gasteiger charge is 2.18. The minimum atomic E-state index is -0.229. The molecule has 0 saturated heterocycles. The maximum absolute atomic E-state index is 13.1. The monoisotopic (exact) mass is 287 g/mol. The first-order valence-electron chi connectivity index (χ1n) is 6.43. The Balaban J connectivity index is 1.89. The molecule has 0 atom stereocenters. The van der Waals surface area contributed by atoms with Gasteiger partial charge in [0, 0.05) is 17.6 Å². The Kier molecular flexibility index (Phi) is 3.97.